The molecule has 0 bridgehead atoms. The second kappa shape index (κ2) is 3.96. The summed E-state index contributed by atoms with van der Waals surface area (Å²) < 4.78 is 13.8. The SMILES string of the molecule is CC(C)(C)C1[C@H](F)[C@H](O)CCN1C(=O)O. The fraction of sp³-hybridized carbons (Fsp3) is 0.900. The summed E-state index contributed by atoms with van der Waals surface area (Å²) in [6, 6.07) is -0.779. The summed E-state index contributed by atoms with van der Waals surface area (Å²) in [5.74, 6) is 0. The molecule has 0 saturated carbocycles. The molecule has 4 nitrogen and oxygen atoms in total. The lowest BCUT2D eigenvalue weighted by atomic mass is 9.79. The quantitative estimate of drug-likeness (QED) is 0.648. The summed E-state index contributed by atoms with van der Waals surface area (Å²) in [5.41, 5.74) is -0.515. The number of alkyl halides is 1. The van der Waals surface area contributed by atoms with Gasteiger partial charge in [0.25, 0.3) is 0 Å². The number of halogens is 1. The van der Waals surface area contributed by atoms with E-state index in [1.54, 1.807) is 20.8 Å². The van der Waals surface area contributed by atoms with Crippen LogP contribution in [0.1, 0.15) is 27.2 Å². The van der Waals surface area contributed by atoms with E-state index in [0.29, 0.717) is 0 Å². The number of likely N-dealkylation sites (tertiary alicyclic amines) is 1. The summed E-state index contributed by atoms with van der Waals surface area (Å²) in [4.78, 5) is 12.0. The van der Waals surface area contributed by atoms with Crippen LogP contribution in [0.25, 0.3) is 0 Å². The van der Waals surface area contributed by atoms with Crippen molar-refractivity contribution in [2.75, 3.05) is 6.54 Å². The molecule has 0 spiro atoms. The van der Waals surface area contributed by atoms with Gasteiger partial charge in [-0.25, -0.2) is 9.18 Å². The first-order valence-corrected chi connectivity index (χ1v) is 5.07. The number of carboxylic acid groups (broad SMARTS) is 1. The van der Waals surface area contributed by atoms with Crippen LogP contribution in [-0.2, 0) is 0 Å². The predicted molar refractivity (Wildman–Crippen MR) is 53.5 cm³/mol. The van der Waals surface area contributed by atoms with Crippen molar-refractivity contribution >= 4 is 6.09 Å². The summed E-state index contributed by atoms with van der Waals surface area (Å²) >= 11 is 0. The Bertz CT molecular complexity index is 252. The van der Waals surface area contributed by atoms with E-state index >= 15 is 0 Å². The molecule has 15 heavy (non-hydrogen) atoms. The Balaban J connectivity index is 2.95. The lowest BCUT2D eigenvalue weighted by Crippen LogP contribution is -2.59. The molecule has 1 amide bonds. The van der Waals surface area contributed by atoms with Crippen LogP contribution in [0.2, 0.25) is 0 Å². The Kier molecular flexibility index (Phi) is 3.23. The highest BCUT2D eigenvalue weighted by molar-refractivity contribution is 5.66. The maximum Gasteiger partial charge on any atom is 0.407 e. The van der Waals surface area contributed by atoms with E-state index in [9.17, 15) is 14.3 Å². The molecule has 0 aromatic heterocycles. The van der Waals surface area contributed by atoms with Gasteiger partial charge >= 0.3 is 6.09 Å². The molecule has 0 aromatic carbocycles. The highest BCUT2D eigenvalue weighted by atomic mass is 19.1. The number of amides is 1. The predicted octanol–water partition coefficient (Wildman–Crippen LogP) is 1.48. The van der Waals surface area contributed by atoms with Crippen molar-refractivity contribution < 1.29 is 19.4 Å². The van der Waals surface area contributed by atoms with Gasteiger partial charge in [-0.05, 0) is 11.8 Å². The van der Waals surface area contributed by atoms with Crippen molar-refractivity contribution in [2.45, 2.75) is 45.5 Å². The number of nitrogens with zero attached hydrogens (tertiary/aromatic N) is 1. The first-order valence-electron chi connectivity index (χ1n) is 5.07. The maximum absolute atomic E-state index is 13.8. The first-order chi connectivity index (χ1) is 6.75. The van der Waals surface area contributed by atoms with Crippen LogP contribution in [-0.4, -0.2) is 46.1 Å². The van der Waals surface area contributed by atoms with Gasteiger partial charge in [-0.15, -0.1) is 0 Å². The van der Waals surface area contributed by atoms with Crippen molar-refractivity contribution in [2.24, 2.45) is 5.41 Å². The summed E-state index contributed by atoms with van der Waals surface area (Å²) in [7, 11) is 0. The second-order valence-electron chi connectivity index (χ2n) is 5.09. The van der Waals surface area contributed by atoms with E-state index in [-0.39, 0.29) is 13.0 Å². The standard InChI is InChI=1S/C10H18FNO3/c1-10(2,3)8-7(11)6(13)4-5-12(8)9(14)15/h6-8,13H,4-5H2,1-3H3,(H,14,15)/t6-,7-,8?/m1/s1. The zero-order valence-electron chi connectivity index (χ0n) is 9.27. The van der Waals surface area contributed by atoms with Crippen LogP contribution >= 0.6 is 0 Å². The van der Waals surface area contributed by atoms with Gasteiger partial charge in [0.15, 0.2) is 0 Å². The average Bonchev–Trinajstić information content (AvgIpc) is 2.06. The van der Waals surface area contributed by atoms with Crippen LogP contribution in [0.15, 0.2) is 0 Å². The monoisotopic (exact) mass is 219 g/mol. The van der Waals surface area contributed by atoms with Gasteiger partial charge in [0, 0.05) is 6.54 Å². The molecule has 5 heteroatoms. The van der Waals surface area contributed by atoms with Gasteiger partial charge < -0.3 is 15.1 Å². The molecule has 1 unspecified atom stereocenters. The minimum absolute atomic E-state index is 0.167. The third-order valence-corrected chi connectivity index (χ3v) is 2.80. The first kappa shape index (κ1) is 12.2. The van der Waals surface area contributed by atoms with Crippen LogP contribution in [0.3, 0.4) is 0 Å². The molecule has 0 radical (unpaired) electrons. The average molecular weight is 219 g/mol. The third-order valence-electron chi connectivity index (χ3n) is 2.80. The van der Waals surface area contributed by atoms with E-state index in [1.807, 2.05) is 0 Å². The lowest BCUT2D eigenvalue weighted by molar-refractivity contribution is -0.0609. The molecular formula is C10H18FNO3. The van der Waals surface area contributed by atoms with Gasteiger partial charge in [-0.3, -0.25) is 0 Å². The summed E-state index contributed by atoms with van der Waals surface area (Å²) in [6.07, 6.45) is -3.51. The molecule has 88 valence electrons. The second-order valence-corrected chi connectivity index (χ2v) is 5.09. The molecule has 0 aliphatic carbocycles. The van der Waals surface area contributed by atoms with Crippen molar-refractivity contribution in [1.29, 1.82) is 0 Å². The Morgan fingerprint density at radius 2 is 2.00 bits per heavy atom. The Labute approximate surface area is 88.7 Å². The Morgan fingerprint density at radius 1 is 1.47 bits per heavy atom. The number of aliphatic hydroxyl groups excluding tert-OH is 1. The molecule has 1 heterocycles. The number of aliphatic hydroxyl groups is 1. The smallest absolute Gasteiger partial charge is 0.407 e. The molecule has 1 rings (SSSR count). The third kappa shape index (κ3) is 2.40. The summed E-state index contributed by atoms with van der Waals surface area (Å²) in [5, 5.41) is 18.4. The topological polar surface area (TPSA) is 60.8 Å². The molecule has 1 fully saturated rings. The van der Waals surface area contributed by atoms with Gasteiger partial charge in [0.1, 0.15) is 6.17 Å². The Morgan fingerprint density at radius 3 is 2.40 bits per heavy atom. The van der Waals surface area contributed by atoms with Gasteiger partial charge in [-0.1, -0.05) is 20.8 Å². The number of hydrogen-bond donors (Lipinski definition) is 2. The number of hydrogen-bond acceptors (Lipinski definition) is 2. The molecule has 1 aliphatic heterocycles. The van der Waals surface area contributed by atoms with Crippen LogP contribution in [0.5, 0.6) is 0 Å². The zero-order chi connectivity index (χ0) is 11.8. The fourth-order valence-corrected chi connectivity index (χ4v) is 2.11. The highest BCUT2D eigenvalue weighted by Crippen LogP contribution is 2.33. The van der Waals surface area contributed by atoms with E-state index in [0.717, 1.165) is 4.90 Å². The van der Waals surface area contributed by atoms with Gasteiger partial charge in [0.2, 0.25) is 0 Å². The largest absolute Gasteiger partial charge is 0.465 e. The minimum atomic E-state index is -1.50. The number of carbonyl (C=O) groups is 1. The maximum atomic E-state index is 13.8. The van der Waals surface area contributed by atoms with Gasteiger partial charge in [0.05, 0.1) is 12.1 Å². The zero-order valence-corrected chi connectivity index (χ0v) is 9.27. The fourth-order valence-electron chi connectivity index (χ4n) is 2.11. The van der Waals surface area contributed by atoms with Crippen molar-refractivity contribution in [3.63, 3.8) is 0 Å². The highest BCUT2D eigenvalue weighted by Gasteiger charge is 2.45. The van der Waals surface area contributed by atoms with E-state index < -0.39 is 29.8 Å². The normalized spacial score (nSPS) is 32.9. The van der Waals surface area contributed by atoms with Crippen molar-refractivity contribution in [3.05, 3.63) is 0 Å². The van der Waals surface area contributed by atoms with Crippen LogP contribution in [0.4, 0.5) is 9.18 Å². The van der Waals surface area contributed by atoms with Crippen molar-refractivity contribution in [3.8, 4) is 0 Å². The molecule has 1 aliphatic rings. The van der Waals surface area contributed by atoms with Crippen molar-refractivity contribution in [1.82, 2.24) is 4.90 Å². The van der Waals surface area contributed by atoms with E-state index in [4.69, 9.17) is 5.11 Å². The van der Waals surface area contributed by atoms with Gasteiger partial charge in [-0.2, -0.15) is 0 Å². The summed E-state index contributed by atoms with van der Waals surface area (Å²) in [6.45, 7) is 5.52. The van der Waals surface area contributed by atoms with Crippen LogP contribution in [0, 0.1) is 5.41 Å². The van der Waals surface area contributed by atoms with E-state index in [2.05, 4.69) is 0 Å². The molecule has 3 atom stereocenters. The minimum Gasteiger partial charge on any atom is -0.465 e. The molecular weight excluding hydrogens is 201 g/mol. The molecule has 2 N–H and O–H groups in total. The number of rotatable bonds is 0. The Hall–Kier alpha value is -0.840. The lowest BCUT2D eigenvalue weighted by Gasteiger charge is -2.45. The molecule has 1 saturated heterocycles. The van der Waals surface area contributed by atoms with Crippen LogP contribution < -0.4 is 0 Å². The molecule has 0 aromatic rings. The number of piperidine rings is 1. The van der Waals surface area contributed by atoms with E-state index in [1.165, 1.54) is 0 Å².